The predicted octanol–water partition coefficient (Wildman–Crippen LogP) is 5.00. The molecule has 3 heterocycles. The SMILES string of the molecule is Cc1nc2sc(C(c3cccc(Cl)c3)N3CCCc4ccccc43)c(O)n2n1. The third-order valence-corrected chi connectivity index (χ3v) is 6.48. The van der Waals surface area contributed by atoms with Crippen LogP contribution in [0.1, 0.15) is 34.3 Å². The average Bonchev–Trinajstić information content (AvgIpc) is 3.20. The molecule has 1 aliphatic rings. The van der Waals surface area contributed by atoms with Gasteiger partial charge in [0.25, 0.3) is 0 Å². The zero-order valence-electron chi connectivity index (χ0n) is 15.3. The second-order valence-electron chi connectivity index (χ2n) is 7.03. The van der Waals surface area contributed by atoms with Crippen molar-refractivity contribution >= 4 is 33.6 Å². The Balaban J connectivity index is 1.72. The number of halogens is 1. The zero-order chi connectivity index (χ0) is 19.3. The Kier molecular flexibility index (Phi) is 4.25. The van der Waals surface area contributed by atoms with Crippen LogP contribution in [-0.2, 0) is 6.42 Å². The summed E-state index contributed by atoms with van der Waals surface area (Å²) in [5, 5.41) is 16.0. The van der Waals surface area contributed by atoms with Crippen molar-refractivity contribution in [1.82, 2.24) is 14.6 Å². The number of aryl methyl sites for hydroxylation is 2. The number of aromatic hydroxyl groups is 1. The molecule has 0 bridgehead atoms. The maximum atomic E-state index is 11.0. The van der Waals surface area contributed by atoms with Crippen LogP contribution >= 0.6 is 22.9 Å². The standard InChI is InChI=1S/C21H19ClN4OS/c1-13-23-21-26(24-13)20(27)19(28-21)18(15-7-4-9-16(22)12-15)25-11-5-8-14-6-2-3-10-17(14)25/h2-4,6-7,9-10,12,18,27H,5,8,11H2,1H3. The summed E-state index contributed by atoms with van der Waals surface area (Å²) in [7, 11) is 0. The minimum Gasteiger partial charge on any atom is -0.492 e. The fourth-order valence-corrected chi connectivity index (χ4v) is 5.35. The van der Waals surface area contributed by atoms with E-state index in [-0.39, 0.29) is 11.9 Å². The molecule has 1 N–H and O–H groups in total. The van der Waals surface area contributed by atoms with Crippen molar-refractivity contribution < 1.29 is 5.11 Å². The number of hydrogen-bond donors (Lipinski definition) is 1. The molecular formula is C21H19ClN4OS. The maximum Gasteiger partial charge on any atom is 0.230 e. The lowest BCUT2D eigenvalue weighted by Crippen LogP contribution is -2.33. The molecule has 2 aromatic heterocycles. The fourth-order valence-electron chi connectivity index (χ4n) is 4.01. The summed E-state index contributed by atoms with van der Waals surface area (Å²) in [6.45, 7) is 2.73. The Morgan fingerprint density at radius 2 is 2.04 bits per heavy atom. The number of thiazole rings is 1. The van der Waals surface area contributed by atoms with Gasteiger partial charge in [-0.1, -0.05) is 53.3 Å². The van der Waals surface area contributed by atoms with Crippen molar-refractivity contribution in [3.63, 3.8) is 0 Å². The van der Waals surface area contributed by atoms with Crippen molar-refractivity contribution in [2.24, 2.45) is 0 Å². The van der Waals surface area contributed by atoms with Crippen molar-refractivity contribution in [1.29, 1.82) is 0 Å². The highest BCUT2D eigenvalue weighted by atomic mass is 35.5. The Hall–Kier alpha value is -2.57. The highest BCUT2D eigenvalue weighted by Crippen LogP contribution is 2.44. The summed E-state index contributed by atoms with van der Waals surface area (Å²) in [6, 6.07) is 16.2. The van der Waals surface area contributed by atoms with E-state index in [1.54, 1.807) is 0 Å². The van der Waals surface area contributed by atoms with Crippen molar-refractivity contribution in [3.05, 3.63) is 75.4 Å². The molecule has 1 atom stereocenters. The van der Waals surface area contributed by atoms with Crippen LogP contribution in [0, 0.1) is 6.92 Å². The molecule has 0 amide bonds. The van der Waals surface area contributed by atoms with Crippen LogP contribution in [0.2, 0.25) is 5.02 Å². The summed E-state index contributed by atoms with van der Waals surface area (Å²) in [4.78, 5) is 8.33. The topological polar surface area (TPSA) is 53.7 Å². The number of anilines is 1. The molecule has 0 spiro atoms. The van der Waals surface area contributed by atoms with Crippen LogP contribution in [0.25, 0.3) is 4.96 Å². The molecule has 0 saturated carbocycles. The first-order valence-electron chi connectivity index (χ1n) is 9.27. The van der Waals surface area contributed by atoms with Gasteiger partial charge in [0.05, 0.1) is 10.9 Å². The van der Waals surface area contributed by atoms with E-state index >= 15 is 0 Å². The van der Waals surface area contributed by atoms with E-state index in [2.05, 4.69) is 45.3 Å². The Morgan fingerprint density at radius 1 is 1.18 bits per heavy atom. The van der Waals surface area contributed by atoms with E-state index < -0.39 is 0 Å². The molecule has 0 radical (unpaired) electrons. The summed E-state index contributed by atoms with van der Waals surface area (Å²) in [5.74, 6) is 0.796. The van der Waals surface area contributed by atoms with Crippen LogP contribution in [0.4, 0.5) is 5.69 Å². The van der Waals surface area contributed by atoms with Gasteiger partial charge in [-0.2, -0.15) is 4.52 Å². The maximum absolute atomic E-state index is 11.0. The van der Waals surface area contributed by atoms with Gasteiger partial charge in [-0.3, -0.25) is 0 Å². The third-order valence-electron chi connectivity index (χ3n) is 5.18. The van der Waals surface area contributed by atoms with Crippen LogP contribution in [0.5, 0.6) is 5.88 Å². The first kappa shape index (κ1) is 17.5. The molecule has 142 valence electrons. The van der Waals surface area contributed by atoms with Gasteiger partial charge >= 0.3 is 0 Å². The van der Waals surface area contributed by atoms with E-state index in [0.29, 0.717) is 15.8 Å². The molecule has 5 nitrogen and oxygen atoms in total. The molecule has 4 aromatic rings. The van der Waals surface area contributed by atoms with Gasteiger partial charge in [-0.25, -0.2) is 4.98 Å². The minimum atomic E-state index is -0.158. The van der Waals surface area contributed by atoms with Gasteiger partial charge in [0.1, 0.15) is 5.82 Å². The first-order valence-corrected chi connectivity index (χ1v) is 10.5. The van der Waals surface area contributed by atoms with Crippen molar-refractivity contribution in [2.75, 3.05) is 11.4 Å². The smallest absolute Gasteiger partial charge is 0.230 e. The molecule has 2 aromatic carbocycles. The number of aromatic nitrogens is 3. The fraction of sp³-hybridized carbons (Fsp3) is 0.238. The lowest BCUT2D eigenvalue weighted by atomic mass is 9.96. The Morgan fingerprint density at radius 3 is 2.86 bits per heavy atom. The largest absolute Gasteiger partial charge is 0.492 e. The molecule has 28 heavy (non-hydrogen) atoms. The molecular weight excluding hydrogens is 392 g/mol. The Bertz CT molecular complexity index is 1170. The second kappa shape index (κ2) is 6.79. The first-order chi connectivity index (χ1) is 13.6. The van der Waals surface area contributed by atoms with Gasteiger partial charge in [-0.15, -0.1) is 5.10 Å². The predicted molar refractivity (Wildman–Crippen MR) is 113 cm³/mol. The zero-order valence-corrected chi connectivity index (χ0v) is 16.9. The third kappa shape index (κ3) is 2.84. The van der Waals surface area contributed by atoms with Crippen LogP contribution in [0.3, 0.4) is 0 Å². The van der Waals surface area contributed by atoms with Gasteiger partial charge in [0, 0.05) is 17.3 Å². The molecule has 0 aliphatic carbocycles. The molecule has 1 unspecified atom stereocenters. The summed E-state index contributed by atoms with van der Waals surface area (Å²) in [5.41, 5.74) is 3.57. The van der Waals surface area contributed by atoms with Gasteiger partial charge in [0.2, 0.25) is 10.8 Å². The molecule has 1 aliphatic heterocycles. The van der Waals surface area contributed by atoms with Crippen molar-refractivity contribution in [3.8, 4) is 5.88 Å². The average molecular weight is 411 g/mol. The van der Waals surface area contributed by atoms with Gasteiger partial charge in [0.15, 0.2) is 0 Å². The number of rotatable bonds is 3. The van der Waals surface area contributed by atoms with Gasteiger partial charge < -0.3 is 10.0 Å². The highest BCUT2D eigenvalue weighted by molar-refractivity contribution is 7.17. The van der Waals surface area contributed by atoms with Crippen molar-refractivity contribution in [2.45, 2.75) is 25.8 Å². The molecule has 0 saturated heterocycles. The highest BCUT2D eigenvalue weighted by Gasteiger charge is 2.32. The van der Waals surface area contributed by atoms with E-state index in [1.807, 2.05) is 25.1 Å². The lowest BCUT2D eigenvalue weighted by Gasteiger charge is -2.37. The van der Waals surface area contributed by atoms with Gasteiger partial charge in [-0.05, 0) is 49.1 Å². The van der Waals surface area contributed by atoms with E-state index in [9.17, 15) is 5.11 Å². The summed E-state index contributed by atoms with van der Waals surface area (Å²) >= 11 is 7.80. The number of nitrogens with zero attached hydrogens (tertiary/aromatic N) is 4. The number of benzene rings is 2. The van der Waals surface area contributed by atoms with E-state index in [1.165, 1.54) is 27.1 Å². The number of fused-ring (bicyclic) bond motifs is 2. The number of para-hydroxylation sites is 1. The number of hydrogen-bond acceptors (Lipinski definition) is 5. The summed E-state index contributed by atoms with van der Waals surface area (Å²) in [6.07, 6.45) is 2.13. The summed E-state index contributed by atoms with van der Waals surface area (Å²) < 4.78 is 1.53. The second-order valence-corrected chi connectivity index (χ2v) is 8.47. The van der Waals surface area contributed by atoms with Crippen LogP contribution in [-0.4, -0.2) is 26.2 Å². The van der Waals surface area contributed by atoms with E-state index in [4.69, 9.17) is 11.6 Å². The lowest BCUT2D eigenvalue weighted by molar-refractivity contribution is 0.429. The Labute approximate surface area is 171 Å². The van der Waals surface area contributed by atoms with Crippen LogP contribution in [0.15, 0.2) is 48.5 Å². The molecule has 5 rings (SSSR count). The monoisotopic (exact) mass is 410 g/mol. The normalized spacial score (nSPS) is 15.0. The molecule has 0 fully saturated rings. The van der Waals surface area contributed by atoms with E-state index in [0.717, 1.165) is 29.8 Å². The molecule has 7 heteroatoms. The van der Waals surface area contributed by atoms with Crippen LogP contribution < -0.4 is 4.90 Å². The minimum absolute atomic E-state index is 0.147. The quantitative estimate of drug-likeness (QED) is 0.516.